The summed E-state index contributed by atoms with van der Waals surface area (Å²) in [6, 6.07) is 27.7. The highest BCUT2D eigenvalue weighted by Crippen LogP contribution is 2.36. The molecule has 0 aliphatic carbocycles. The average Bonchev–Trinajstić information content (AvgIpc) is 3.24. The maximum atomic E-state index is 11.8. The zero-order valence-corrected chi connectivity index (χ0v) is 16.3. The number of aliphatic carboxylic acids is 1. The molecule has 4 nitrogen and oxygen atoms in total. The summed E-state index contributed by atoms with van der Waals surface area (Å²) in [5, 5.41) is 9.72. The molecule has 0 spiro atoms. The summed E-state index contributed by atoms with van der Waals surface area (Å²) in [6.45, 7) is 1.27. The molecule has 3 aromatic rings. The van der Waals surface area contributed by atoms with Gasteiger partial charge in [0.1, 0.15) is 18.4 Å². The van der Waals surface area contributed by atoms with Crippen LogP contribution in [0.3, 0.4) is 0 Å². The van der Waals surface area contributed by atoms with E-state index in [1.54, 1.807) is 0 Å². The highest BCUT2D eigenvalue weighted by molar-refractivity contribution is 5.74. The summed E-state index contributed by atoms with van der Waals surface area (Å²) >= 11 is 0. The average molecular weight is 387 g/mol. The molecule has 4 rings (SSSR count). The molecule has 148 valence electrons. The van der Waals surface area contributed by atoms with Crippen LogP contribution in [0.1, 0.15) is 35.6 Å². The van der Waals surface area contributed by atoms with Crippen LogP contribution in [0.15, 0.2) is 84.9 Å². The van der Waals surface area contributed by atoms with Gasteiger partial charge in [0.25, 0.3) is 0 Å². The van der Waals surface area contributed by atoms with Gasteiger partial charge in [-0.05, 0) is 41.7 Å². The Kier molecular flexibility index (Phi) is 5.92. The Morgan fingerprint density at radius 1 is 0.966 bits per heavy atom. The predicted octanol–water partition coefficient (Wildman–Crippen LogP) is 4.90. The molecule has 29 heavy (non-hydrogen) atoms. The predicted molar refractivity (Wildman–Crippen MR) is 113 cm³/mol. The first-order valence-electron chi connectivity index (χ1n) is 10.0. The largest absolute Gasteiger partial charge is 0.489 e. The van der Waals surface area contributed by atoms with Gasteiger partial charge in [-0.2, -0.15) is 0 Å². The molecule has 1 fully saturated rings. The lowest BCUT2D eigenvalue weighted by atomic mass is 9.96. The maximum absolute atomic E-state index is 11.8. The fourth-order valence-corrected chi connectivity index (χ4v) is 4.09. The van der Waals surface area contributed by atoms with Crippen LogP contribution in [0, 0.1) is 0 Å². The summed E-state index contributed by atoms with van der Waals surface area (Å²) in [6.07, 6.45) is 1.58. The van der Waals surface area contributed by atoms with Crippen LogP contribution in [0.5, 0.6) is 5.75 Å². The molecule has 3 aromatic carbocycles. The van der Waals surface area contributed by atoms with Gasteiger partial charge in [-0.3, -0.25) is 9.69 Å². The summed E-state index contributed by atoms with van der Waals surface area (Å²) in [4.78, 5) is 13.9. The number of hydrogen-bond donors (Lipinski definition) is 1. The number of ether oxygens (including phenoxy) is 1. The first kappa shape index (κ1) is 19.2. The van der Waals surface area contributed by atoms with E-state index >= 15 is 0 Å². The van der Waals surface area contributed by atoms with Gasteiger partial charge in [0.05, 0.1) is 6.04 Å². The molecule has 0 aromatic heterocycles. The molecule has 1 aliphatic heterocycles. The van der Waals surface area contributed by atoms with E-state index in [4.69, 9.17) is 4.74 Å². The van der Waals surface area contributed by atoms with Gasteiger partial charge in [-0.1, -0.05) is 72.8 Å². The summed E-state index contributed by atoms with van der Waals surface area (Å²) in [7, 11) is 0. The normalized spacial score (nSPS) is 17.7. The summed E-state index contributed by atoms with van der Waals surface area (Å²) < 4.78 is 6.02. The lowest BCUT2D eigenvalue weighted by Crippen LogP contribution is -2.39. The van der Waals surface area contributed by atoms with Crippen LogP contribution in [0.25, 0.3) is 0 Å². The number of rotatable bonds is 7. The van der Waals surface area contributed by atoms with Crippen molar-refractivity contribution >= 4 is 5.97 Å². The van der Waals surface area contributed by atoms with Gasteiger partial charge in [-0.15, -0.1) is 0 Å². The van der Waals surface area contributed by atoms with Gasteiger partial charge in [-0.25, -0.2) is 0 Å². The molecular formula is C25H25NO3. The zero-order valence-electron chi connectivity index (χ0n) is 16.3. The Hall–Kier alpha value is -3.11. The van der Waals surface area contributed by atoms with Gasteiger partial charge in [0.2, 0.25) is 0 Å². The number of benzene rings is 3. The molecule has 2 atom stereocenters. The van der Waals surface area contributed by atoms with Crippen molar-refractivity contribution in [1.82, 2.24) is 4.90 Å². The Labute approximate surface area is 171 Å². The number of hydrogen-bond acceptors (Lipinski definition) is 3. The first-order chi connectivity index (χ1) is 14.2. The maximum Gasteiger partial charge on any atom is 0.320 e. The van der Waals surface area contributed by atoms with Crippen molar-refractivity contribution in [2.45, 2.75) is 31.5 Å². The molecule has 0 saturated carbocycles. The fourth-order valence-electron chi connectivity index (χ4n) is 4.09. The van der Waals surface area contributed by atoms with E-state index in [1.807, 2.05) is 66.7 Å². The zero-order chi connectivity index (χ0) is 20.1. The highest BCUT2D eigenvalue weighted by Gasteiger charge is 2.36. The fraction of sp³-hybridized carbons (Fsp3) is 0.240. The van der Waals surface area contributed by atoms with Gasteiger partial charge in [0, 0.05) is 6.54 Å². The standard InChI is InChI=1S/C25H25NO3/c27-25(28)23-15-8-16-26(23)24(20-11-5-2-6-12-20)21-13-7-14-22(17-21)29-18-19-9-3-1-4-10-19/h1-7,9-14,17,23-24H,8,15-16,18H2,(H,27,28). The van der Waals surface area contributed by atoms with Gasteiger partial charge < -0.3 is 9.84 Å². The van der Waals surface area contributed by atoms with Crippen LogP contribution < -0.4 is 4.74 Å². The SMILES string of the molecule is O=C(O)C1CCCN1C(c1ccccc1)c1cccc(OCc2ccccc2)c1. The van der Waals surface area contributed by atoms with E-state index in [9.17, 15) is 9.90 Å². The molecule has 1 aliphatic rings. The van der Waals surface area contributed by atoms with E-state index in [0.717, 1.165) is 35.4 Å². The van der Waals surface area contributed by atoms with Crippen LogP contribution in [-0.4, -0.2) is 28.6 Å². The second-order valence-electron chi connectivity index (χ2n) is 7.39. The van der Waals surface area contributed by atoms with Crippen molar-refractivity contribution in [2.75, 3.05) is 6.54 Å². The van der Waals surface area contributed by atoms with E-state index in [2.05, 4.69) is 23.1 Å². The van der Waals surface area contributed by atoms with Crippen LogP contribution in [-0.2, 0) is 11.4 Å². The van der Waals surface area contributed by atoms with Crippen molar-refractivity contribution in [2.24, 2.45) is 0 Å². The smallest absolute Gasteiger partial charge is 0.320 e. The minimum atomic E-state index is -0.750. The minimum Gasteiger partial charge on any atom is -0.489 e. The molecular weight excluding hydrogens is 362 g/mol. The molecule has 1 N–H and O–H groups in total. The molecule has 2 unspecified atom stereocenters. The van der Waals surface area contributed by atoms with Crippen molar-refractivity contribution in [1.29, 1.82) is 0 Å². The summed E-state index contributed by atoms with van der Waals surface area (Å²) in [5.41, 5.74) is 3.26. The van der Waals surface area contributed by atoms with E-state index in [-0.39, 0.29) is 6.04 Å². The van der Waals surface area contributed by atoms with Gasteiger partial charge in [0.15, 0.2) is 0 Å². The highest BCUT2D eigenvalue weighted by atomic mass is 16.5. The van der Waals surface area contributed by atoms with E-state index in [1.165, 1.54) is 0 Å². The number of carboxylic acids is 1. The van der Waals surface area contributed by atoms with Crippen molar-refractivity contribution in [3.8, 4) is 5.75 Å². The second kappa shape index (κ2) is 8.93. The first-order valence-corrected chi connectivity index (χ1v) is 10.0. The van der Waals surface area contributed by atoms with Crippen LogP contribution in [0.2, 0.25) is 0 Å². The van der Waals surface area contributed by atoms with Crippen molar-refractivity contribution in [3.63, 3.8) is 0 Å². The van der Waals surface area contributed by atoms with Crippen molar-refractivity contribution < 1.29 is 14.6 Å². The third-order valence-corrected chi connectivity index (χ3v) is 5.45. The monoisotopic (exact) mass is 387 g/mol. The molecule has 1 heterocycles. The van der Waals surface area contributed by atoms with Crippen molar-refractivity contribution in [3.05, 3.63) is 102 Å². The molecule has 0 radical (unpaired) electrons. The molecule has 0 amide bonds. The Morgan fingerprint density at radius 3 is 2.38 bits per heavy atom. The third-order valence-electron chi connectivity index (χ3n) is 5.45. The quantitative estimate of drug-likeness (QED) is 0.626. The number of carbonyl (C=O) groups is 1. The van der Waals surface area contributed by atoms with Gasteiger partial charge >= 0.3 is 5.97 Å². The van der Waals surface area contributed by atoms with Crippen LogP contribution in [0.4, 0.5) is 0 Å². The number of carboxylic acid groups (broad SMARTS) is 1. The lowest BCUT2D eigenvalue weighted by molar-refractivity contribution is -0.142. The van der Waals surface area contributed by atoms with Crippen LogP contribution >= 0.6 is 0 Å². The minimum absolute atomic E-state index is 0.111. The van der Waals surface area contributed by atoms with E-state index < -0.39 is 12.0 Å². The molecule has 4 heteroatoms. The Balaban J connectivity index is 1.63. The third kappa shape index (κ3) is 4.49. The van der Waals surface area contributed by atoms with E-state index in [0.29, 0.717) is 13.0 Å². The topological polar surface area (TPSA) is 49.8 Å². The molecule has 1 saturated heterocycles. The second-order valence-corrected chi connectivity index (χ2v) is 7.39. The molecule has 0 bridgehead atoms. The Morgan fingerprint density at radius 2 is 1.66 bits per heavy atom. The Bertz CT molecular complexity index is 943. The number of nitrogens with zero attached hydrogens (tertiary/aromatic N) is 1. The number of likely N-dealkylation sites (tertiary alicyclic amines) is 1. The lowest BCUT2D eigenvalue weighted by Gasteiger charge is -2.32. The summed E-state index contributed by atoms with van der Waals surface area (Å²) in [5.74, 6) is 0.0401.